The molecule has 2 rings (SSSR count). The lowest BCUT2D eigenvalue weighted by Gasteiger charge is -2.07. The Labute approximate surface area is 109 Å². The second-order valence-electron chi connectivity index (χ2n) is 3.83. The molecule has 0 fully saturated rings. The number of rotatable bonds is 4. The van der Waals surface area contributed by atoms with Gasteiger partial charge in [-0.3, -0.25) is 0 Å². The van der Waals surface area contributed by atoms with Crippen LogP contribution >= 0.6 is 11.3 Å². The summed E-state index contributed by atoms with van der Waals surface area (Å²) in [5.74, 6) is -0.493. The van der Waals surface area contributed by atoms with E-state index in [1.165, 1.54) is 6.07 Å². The van der Waals surface area contributed by atoms with Crippen molar-refractivity contribution < 1.29 is 4.39 Å². The molecule has 0 radical (unpaired) electrons. The number of nitriles is 1. The predicted octanol–water partition coefficient (Wildman–Crippen LogP) is 3.12. The van der Waals surface area contributed by atoms with Gasteiger partial charge in [-0.05, 0) is 19.1 Å². The minimum atomic E-state index is -0.493. The van der Waals surface area contributed by atoms with E-state index < -0.39 is 5.82 Å². The van der Waals surface area contributed by atoms with Gasteiger partial charge in [0, 0.05) is 24.0 Å². The third-order valence-electron chi connectivity index (χ3n) is 2.45. The topological polar surface area (TPSA) is 48.7 Å². The molecular formula is C13H12FN3S. The normalized spacial score (nSPS) is 10.1. The summed E-state index contributed by atoms with van der Waals surface area (Å²) in [4.78, 5) is 4.34. The van der Waals surface area contributed by atoms with Crippen LogP contribution in [0.15, 0.2) is 23.6 Å². The number of aromatic nitrogens is 1. The Balaban J connectivity index is 1.99. The van der Waals surface area contributed by atoms with Gasteiger partial charge >= 0.3 is 0 Å². The number of hydrogen-bond donors (Lipinski definition) is 1. The molecule has 1 aromatic heterocycles. The quantitative estimate of drug-likeness (QED) is 0.920. The van der Waals surface area contributed by atoms with Crippen molar-refractivity contribution in [1.29, 1.82) is 5.26 Å². The van der Waals surface area contributed by atoms with Crippen LogP contribution in [0.2, 0.25) is 0 Å². The second kappa shape index (κ2) is 5.61. The first kappa shape index (κ1) is 12.5. The summed E-state index contributed by atoms with van der Waals surface area (Å²) >= 11 is 1.61. The summed E-state index contributed by atoms with van der Waals surface area (Å²) in [6.45, 7) is 2.58. The fourth-order valence-electron chi connectivity index (χ4n) is 1.61. The summed E-state index contributed by atoms with van der Waals surface area (Å²) in [6, 6.07) is 6.44. The molecule has 0 aliphatic heterocycles. The van der Waals surface area contributed by atoms with Crippen LogP contribution in [-0.4, -0.2) is 11.5 Å². The molecule has 0 aliphatic carbocycles. The van der Waals surface area contributed by atoms with Crippen LogP contribution in [0.5, 0.6) is 0 Å². The Morgan fingerprint density at radius 2 is 2.33 bits per heavy atom. The van der Waals surface area contributed by atoms with Crippen LogP contribution in [-0.2, 0) is 6.42 Å². The summed E-state index contributed by atoms with van der Waals surface area (Å²) in [6.07, 6.45) is 0.764. The lowest BCUT2D eigenvalue weighted by atomic mass is 10.2. The largest absolute Gasteiger partial charge is 0.383 e. The Hall–Kier alpha value is -1.93. The molecular weight excluding hydrogens is 249 g/mol. The first-order valence-corrected chi connectivity index (χ1v) is 6.42. The van der Waals surface area contributed by atoms with Gasteiger partial charge in [0.1, 0.15) is 17.4 Å². The van der Waals surface area contributed by atoms with E-state index in [1.807, 2.05) is 18.4 Å². The van der Waals surface area contributed by atoms with Crippen molar-refractivity contribution in [2.45, 2.75) is 13.3 Å². The highest BCUT2D eigenvalue weighted by Gasteiger charge is 2.07. The van der Waals surface area contributed by atoms with Crippen LogP contribution < -0.4 is 5.32 Å². The summed E-state index contributed by atoms with van der Waals surface area (Å²) in [7, 11) is 0. The van der Waals surface area contributed by atoms with Gasteiger partial charge < -0.3 is 5.32 Å². The maximum absolute atomic E-state index is 13.3. The van der Waals surface area contributed by atoms with E-state index in [0.29, 0.717) is 12.2 Å². The number of hydrogen-bond acceptors (Lipinski definition) is 4. The van der Waals surface area contributed by atoms with Crippen molar-refractivity contribution in [3.05, 3.63) is 45.7 Å². The third-order valence-corrected chi connectivity index (χ3v) is 3.47. The SMILES string of the molecule is Cc1csc(CCNc2cccc(F)c2C#N)n1. The van der Waals surface area contributed by atoms with E-state index in [-0.39, 0.29) is 5.56 Å². The van der Waals surface area contributed by atoms with Crippen molar-refractivity contribution >= 4 is 17.0 Å². The molecule has 0 unspecified atom stereocenters. The van der Waals surface area contributed by atoms with Crippen LogP contribution in [0, 0.1) is 24.1 Å². The third kappa shape index (κ3) is 2.84. The van der Waals surface area contributed by atoms with Crippen LogP contribution in [0.25, 0.3) is 0 Å². The number of thiazole rings is 1. The van der Waals surface area contributed by atoms with Crippen molar-refractivity contribution in [3.63, 3.8) is 0 Å². The zero-order valence-corrected chi connectivity index (χ0v) is 10.7. The number of aryl methyl sites for hydroxylation is 1. The van der Waals surface area contributed by atoms with Crippen LogP contribution in [0.1, 0.15) is 16.3 Å². The highest BCUT2D eigenvalue weighted by atomic mass is 32.1. The molecule has 0 atom stereocenters. The predicted molar refractivity (Wildman–Crippen MR) is 70.2 cm³/mol. The number of nitrogens with one attached hydrogen (secondary N) is 1. The Bertz CT molecular complexity index is 586. The van der Waals surface area contributed by atoms with E-state index in [9.17, 15) is 4.39 Å². The molecule has 1 aromatic carbocycles. The highest BCUT2D eigenvalue weighted by Crippen LogP contribution is 2.18. The molecule has 0 bridgehead atoms. The smallest absolute Gasteiger partial charge is 0.143 e. The van der Waals surface area contributed by atoms with Gasteiger partial charge in [0.25, 0.3) is 0 Å². The average Bonchev–Trinajstić information content (AvgIpc) is 2.75. The maximum Gasteiger partial charge on any atom is 0.143 e. The lowest BCUT2D eigenvalue weighted by Crippen LogP contribution is -2.06. The fraction of sp³-hybridized carbons (Fsp3) is 0.231. The molecule has 0 aliphatic rings. The van der Waals surface area contributed by atoms with Gasteiger partial charge in [-0.2, -0.15) is 5.26 Å². The standard InChI is InChI=1S/C13H12FN3S/c1-9-8-18-13(17-9)5-6-16-12-4-2-3-11(14)10(12)7-15/h2-4,8,16H,5-6H2,1H3. The van der Waals surface area contributed by atoms with Gasteiger partial charge in [-0.25, -0.2) is 9.37 Å². The van der Waals surface area contributed by atoms with Crippen molar-refractivity contribution in [3.8, 4) is 6.07 Å². The van der Waals surface area contributed by atoms with E-state index in [4.69, 9.17) is 5.26 Å². The van der Waals surface area contributed by atoms with Gasteiger partial charge in [-0.15, -0.1) is 11.3 Å². The maximum atomic E-state index is 13.3. The molecule has 0 amide bonds. The molecule has 0 saturated carbocycles. The molecule has 1 heterocycles. The number of anilines is 1. The van der Waals surface area contributed by atoms with E-state index in [0.717, 1.165) is 17.1 Å². The number of halogens is 1. The van der Waals surface area contributed by atoms with Crippen molar-refractivity contribution in [2.75, 3.05) is 11.9 Å². The zero-order valence-electron chi connectivity index (χ0n) is 9.90. The Kier molecular flexibility index (Phi) is 3.90. The van der Waals surface area contributed by atoms with Crippen molar-refractivity contribution in [1.82, 2.24) is 4.98 Å². The van der Waals surface area contributed by atoms with E-state index in [2.05, 4.69) is 10.3 Å². The lowest BCUT2D eigenvalue weighted by molar-refractivity contribution is 0.624. The summed E-state index contributed by atoms with van der Waals surface area (Å²) < 4.78 is 13.3. The van der Waals surface area contributed by atoms with Crippen LogP contribution in [0.3, 0.4) is 0 Å². The minimum Gasteiger partial charge on any atom is -0.383 e. The first-order chi connectivity index (χ1) is 8.70. The molecule has 0 spiro atoms. The molecule has 18 heavy (non-hydrogen) atoms. The van der Waals surface area contributed by atoms with E-state index >= 15 is 0 Å². The van der Waals surface area contributed by atoms with Gasteiger partial charge in [0.15, 0.2) is 0 Å². The molecule has 0 saturated heterocycles. The summed E-state index contributed by atoms with van der Waals surface area (Å²) in [5, 5.41) is 15.0. The van der Waals surface area contributed by atoms with Crippen LogP contribution in [0.4, 0.5) is 10.1 Å². The molecule has 5 heteroatoms. The molecule has 1 N–H and O–H groups in total. The van der Waals surface area contributed by atoms with Gasteiger partial charge in [0.05, 0.1) is 10.7 Å². The Morgan fingerprint density at radius 1 is 1.50 bits per heavy atom. The second-order valence-corrected chi connectivity index (χ2v) is 4.78. The summed E-state index contributed by atoms with van der Waals surface area (Å²) in [5.41, 5.74) is 1.61. The van der Waals surface area contributed by atoms with E-state index in [1.54, 1.807) is 23.5 Å². The van der Waals surface area contributed by atoms with Gasteiger partial charge in [0.2, 0.25) is 0 Å². The minimum absolute atomic E-state index is 0.0628. The molecule has 92 valence electrons. The fourth-order valence-corrected chi connectivity index (χ4v) is 2.38. The average molecular weight is 261 g/mol. The zero-order chi connectivity index (χ0) is 13.0. The Morgan fingerprint density at radius 3 is 3.00 bits per heavy atom. The first-order valence-electron chi connectivity index (χ1n) is 5.54. The monoisotopic (exact) mass is 261 g/mol. The number of nitrogens with zero attached hydrogens (tertiary/aromatic N) is 2. The molecule has 2 aromatic rings. The molecule has 3 nitrogen and oxygen atoms in total. The van der Waals surface area contributed by atoms with Gasteiger partial charge in [-0.1, -0.05) is 6.07 Å². The number of benzene rings is 1. The highest BCUT2D eigenvalue weighted by molar-refractivity contribution is 7.09. The van der Waals surface area contributed by atoms with Crippen molar-refractivity contribution in [2.24, 2.45) is 0 Å².